The topological polar surface area (TPSA) is 45.2 Å². The maximum Gasteiger partial charge on any atom is 0.272 e. The maximum absolute atomic E-state index is 12.3. The Morgan fingerprint density at radius 1 is 1.25 bits per heavy atom. The third-order valence-corrected chi connectivity index (χ3v) is 3.98. The molecule has 0 aliphatic carbocycles. The maximum atomic E-state index is 12.3. The van der Waals surface area contributed by atoms with Gasteiger partial charge in [0.1, 0.15) is 5.69 Å². The van der Waals surface area contributed by atoms with Gasteiger partial charge in [0, 0.05) is 31.4 Å². The number of halogens is 3. The molecule has 1 aromatic rings. The molecule has 112 valence electrons. The smallest absolute Gasteiger partial charge is 0.272 e. The highest BCUT2D eigenvalue weighted by Gasteiger charge is 2.31. The van der Waals surface area contributed by atoms with Crippen LogP contribution in [0, 0.1) is 0 Å². The molecule has 2 unspecified atom stereocenters. The molecule has 0 spiro atoms. The van der Waals surface area contributed by atoms with Crippen LogP contribution in [-0.2, 0) is 0 Å². The molecule has 2 bridgehead atoms. The lowest BCUT2D eigenvalue weighted by Crippen LogP contribution is -2.39. The van der Waals surface area contributed by atoms with Crippen molar-refractivity contribution in [2.75, 3.05) is 13.1 Å². The van der Waals surface area contributed by atoms with Crippen LogP contribution in [0.5, 0.6) is 0 Å². The Labute approximate surface area is 136 Å². The van der Waals surface area contributed by atoms with E-state index in [1.165, 1.54) is 19.0 Å². The standard InChI is InChI=1S/C13H16ClN3O.2ClH/c14-9-1-4-12(15-7-9)13(18)17-6-5-10-2-3-11(8-17)16-10;;/h1,4,7,10-11,16H,2-3,5-6,8H2;2*1H. The van der Waals surface area contributed by atoms with E-state index in [0.717, 1.165) is 19.5 Å². The Balaban J connectivity index is 0.000001000. The number of hydrogen-bond donors (Lipinski definition) is 1. The summed E-state index contributed by atoms with van der Waals surface area (Å²) in [6, 6.07) is 4.45. The molecule has 2 saturated heterocycles. The summed E-state index contributed by atoms with van der Waals surface area (Å²) in [4.78, 5) is 18.3. The number of carbonyl (C=O) groups excluding carboxylic acids is 1. The van der Waals surface area contributed by atoms with Crippen molar-refractivity contribution in [2.45, 2.75) is 31.3 Å². The first-order valence-electron chi connectivity index (χ1n) is 6.39. The molecule has 1 aromatic heterocycles. The van der Waals surface area contributed by atoms with E-state index in [0.29, 0.717) is 22.8 Å². The zero-order valence-corrected chi connectivity index (χ0v) is 13.3. The van der Waals surface area contributed by atoms with Crippen LogP contribution in [0.4, 0.5) is 0 Å². The lowest BCUT2D eigenvalue weighted by molar-refractivity contribution is 0.0742. The molecular formula is C13H18Cl3N3O. The molecule has 3 rings (SSSR count). The number of aromatic nitrogens is 1. The van der Waals surface area contributed by atoms with E-state index in [-0.39, 0.29) is 30.7 Å². The molecule has 2 aliphatic rings. The number of rotatable bonds is 1. The SMILES string of the molecule is Cl.Cl.O=C(c1ccc(Cl)cn1)N1CCC2CCC(C1)N2. The fourth-order valence-electron chi connectivity index (χ4n) is 2.79. The highest BCUT2D eigenvalue weighted by Crippen LogP contribution is 2.21. The summed E-state index contributed by atoms with van der Waals surface area (Å²) in [5.74, 6) is 0.0148. The van der Waals surface area contributed by atoms with E-state index >= 15 is 0 Å². The molecule has 2 aliphatic heterocycles. The Morgan fingerprint density at radius 2 is 2.00 bits per heavy atom. The van der Waals surface area contributed by atoms with Gasteiger partial charge in [-0.3, -0.25) is 4.79 Å². The van der Waals surface area contributed by atoms with Gasteiger partial charge in [-0.1, -0.05) is 11.6 Å². The summed E-state index contributed by atoms with van der Waals surface area (Å²) in [5, 5.41) is 4.12. The normalized spacial score (nSPS) is 24.4. The lowest BCUT2D eigenvalue weighted by Gasteiger charge is -2.23. The van der Waals surface area contributed by atoms with Gasteiger partial charge in [0.25, 0.3) is 5.91 Å². The Kier molecular flexibility index (Phi) is 6.52. The van der Waals surface area contributed by atoms with Crippen LogP contribution >= 0.6 is 36.4 Å². The van der Waals surface area contributed by atoms with Gasteiger partial charge >= 0.3 is 0 Å². The number of likely N-dealkylation sites (tertiary alicyclic amines) is 1. The zero-order valence-electron chi connectivity index (χ0n) is 10.9. The third-order valence-electron chi connectivity index (χ3n) is 3.76. The first-order valence-corrected chi connectivity index (χ1v) is 6.77. The largest absolute Gasteiger partial charge is 0.336 e. The summed E-state index contributed by atoms with van der Waals surface area (Å²) < 4.78 is 0. The van der Waals surface area contributed by atoms with E-state index in [9.17, 15) is 4.79 Å². The second-order valence-corrected chi connectivity index (χ2v) is 5.48. The molecule has 1 N–H and O–H groups in total. The van der Waals surface area contributed by atoms with E-state index in [2.05, 4.69) is 10.3 Å². The molecule has 4 nitrogen and oxygen atoms in total. The minimum atomic E-state index is 0. The van der Waals surface area contributed by atoms with Crippen LogP contribution in [0.3, 0.4) is 0 Å². The second kappa shape index (κ2) is 7.46. The summed E-state index contributed by atoms with van der Waals surface area (Å²) in [7, 11) is 0. The van der Waals surface area contributed by atoms with Gasteiger partial charge in [-0.25, -0.2) is 4.98 Å². The van der Waals surface area contributed by atoms with E-state index in [1.807, 2.05) is 4.90 Å². The van der Waals surface area contributed by atoms with Gasteiger partial charge in [-0.15, -0.1) is 24.8 Å². The fraction of sp³-hybridized carbons (Fsp3) is 0.538. The zero-order chi connectivity index (χ0) is 12.5. The van der Waals surface area contributed by atoms with Crippen molar-refractivity contribution in [1.82, 2.24) is 15.2 Å². The van der Waals surface area contributed by atoms with Crippen LogP contribution in [0.1, 0.15) is 29.8 Å². The van der Waals surface area contributed by atoms with Crippen molar-refractivity contribution in [3.63, 3.8) is 0 Å². The molecule has 0 radical (unpaired) electrons. The summed E-state index contributed by atoms with van der Waals surface area (Å²) in [6.45, 7) is 1.61. The van der Waals surface area contributed by atoms with E-state index < -0.39 is 0 Å². The van der Waals surface area contributed by atoms with Crippen LogP contribution in [0.15, 0.2) is 18.3 Å². The van der Waals surface area contributed by atoms with Crippen molar-refractivity contribution in [2.24, 2.45) is 0 Å². The van der Waals surface area contributed by atoms with Crippen molar-refractivity contribution in [1.29, 1.82) is 0 Å². The molecule has 0 saturated carbocycles. The molecule has 1 amide bonds. The van der Waals surface area contributed by atoms with Gasteiger partial charge in [-0.2, -0.15) is 0 Å². The minimum absolute atomic E-state index is 0. The minimum Gasteiger partial charge on any atom is -0.336 e. The molecule has 3 heterocycles. The molecule has 0 aromatic carbocycles. The predicted molar refractivity (Wildman–Crippen MR) is 84.2 cm³/mol. The summed E-state index contributed by atoms with van der Waals surface area (Å²) in [5.41, 5.74) is 0.483. The predicted octanol–water partition coefficient (Wildman–Crippen LogP) is 2.55. The van der Waals surface area contributed by atoms with Gasteiger partial charge in [0.2, 0.25) is 0 Å². The molecular weight excluding hydrogens is 321 g/mol. The number of hydrogen-bond acceptors (Lipinski definition) is 3. The van der Waals surface area contributed by atoms with Crippen molar-refractivity contribution < 1.29 is 4.79 Å². The van der Waals surface area contributed by atoms with Crippen molar-refractivity contribution in [3.05, 3.63) is 29.0 Å². The number of pyridine rings is 1. The lowest BCUT2D eigenvalue weighted by atomic mass is 10.1. The molecule has 2 fully saturated rings. The monoisotopic (exact) mass is 337 g/mol. The van der Waals surface area contributed by atoms with Gasteiger partial charge in [0.05, 0.1) is 5.02 Å². The quantitative estimate of drug-likeness (QED) is 0.856. The molecule has 2 atom stereocenters. The van der Waals surface area contributed by atoms with Crippen molar-refractivity contribution >= 4 is 42.3 Å². The van der Waals surface area contributed by atoms with Gasteiger partial charge < -0.3 is 10.2 Å². The van der Waals surface area contributed by atoms with Crippen LogP contribution in [-0.4, -0.2) is 41.0 Å². The number of amides is 1. The van der Waals surface area contributed by atoms with Crippen molar-refractivity contribution in [3.8, 4) is 0 Å². The molecule has 20 heavy (non-hydrogen) atoms. The van der Waals surface area contributed by atoms with Crippen LogP contribution < -0.4 is 5.32 Å². The summed E-state index contributed by atoms with van der Waals surface area (Å²) >= 11 is 5.78. The average Bonchev–Trinajstić information content (AvgIpc) is 2.69. The first-order chi connectivity index (χ1) is 8.72. The highest BCUT2D eigenvalue weighted by molar-refractivity contribution is 6.30. The Bertz CT molecular complexity index is 455. The Hall–Kier alpha value is -0.550. The van der Waals surface area contributed by atoms with E-state index in [4.69, 9.17) is 11.6 Å². The van der Waals surface area contributed by atoms with Crippen LogP contribution in [0.25, 0.3) is 0 Å². The second-order valence-electron chi connectivity index (χ2n) is 5.04. The fourth-order valence-corrected chi connectivity index (χ4v) is 2.90. The Morgan fingerprint density at radius 3 is 2.70 bits per heavy atom. The summed E-state index contributed by atoms with van der Waals surface area (Å²) in [6.07, 6.45) is 4.97. The third kappa shape index (κ3) is 3.76. The molecule has 7 heteroatoms. The number of nitrogens with zero attached hydrogens (tertiary/aromatic N) is 2. The number of fused-ring (bicyclic) bond motifs is 2. The highest BCUT2D eigenvalue weighted by atomic mass is 35.5. The van der Waals surface area contributed by atoms with Gasteiger partial charge in [-0.05, 0) is 31.4 Å². The van der Waals surface area contributed by atoms with Gasteiger partial charge in [0.15, 0.2) is 0 Å². The number of carbonyl (C=O) groups is 1. The number of nitrogens with one attached hydrogen (secondary N) is 1. The van der Waals surface area contributed by atoms with Crippen LogP contribution in [0.2, 0.25) is 5.02 Å². The van der Waals surface area contributed by atoms with E-state index in [1.54, 1.807) is 12.1 Å². The average molecular weight is 339 g/mol. The first kappa shape index (κ1) is 17.5.